The average Bonchev–Trinajstić information content (AvgIpc) is 2.65. The van der Waals surface area contributed by atoms with Crippen molar-refractivity contribution in [1.82, 2.24) is 5.32 Å². The number of nitrogens with one attached hydrogen (secondary N) is 2. The van der Waals surface area contributed by atoms with Crippen molar-refractivity contribution >= 4 is 17.5 Å². The summed E-state index contributed by atoms with van der Waals surface area (Å²) >= 11 is 0. The highest BCUT2D eigenvalue weighted by molar-refractivity contribution is 5.99. The van der Waals surface area contributed by atoms with Crippen molar-refractivity contribution in [2.45, 2.75) is 19.8 Å². The van der Waals surface area contributed by atoms with Crippen LogP contribution >= 0.6 is 0 Å². The van der Waals surface area contributed by atoms with Crippen LogP contribution in [0.1, 0.15) is 35.7 Å². The van der Waals surface area contributed by atoms with E-state index >= 15 is 0 Å². The van der Waals surface area contributed by atoms with Crippen LogP contribution in [0.2, 0.25) is 0 Å². The van der Waals surface area contributed by atoms with Gasteiger partial charge in [-0.15, -0.1) is 0 Å². The van der Waals surface area contributed by atoms with Gasteiger partial charge in [0.15, 0.2) is 11.5 Å². The number of carbonyl (C=O) groups is 2. The van der Waals surface area contributed by atoms with E-state index in [2.05, 4.69) is 24.5 Å². The van der Waals surface area contributed by atoms with Crippen LogP contribution in [0.5, 0.6) is 11.5 Å². The second-order valence-corrected chi connectivity index (χ2v) is 6.08. The molecule has 0 atom stereocenters. The van der Waals surface area contributed by atoms with E-state index in [1.165, 1.54) is 19.8 Å². The van der Waals surface area contributed by atoms with Gasteiger partial charge in [0.25, 0.3) is 5.91 Å². The van der Waals surface area contributed by atoms with Gasteiger partial charge in [0.05, 0.1) is 20.8 Å². The Morgan fingerprint density at radius 1 is 0.962 bits per heavy atom. The van der Waals surface area contributed by atoms with Crippen molar-refractivity contribution in [3.63, 3.8) is 0 Å². The Morgan fingerprint density at radius 3 is 2.19 bits per heavy atom. The quantitative estimate of drug-likeness (QED) is 0.799. The molecule has 2 N–H and O–H groups in total. The molecule has 0 aliphatic carbocycles. The van der Waals surface area contributed by atoms with Crippen LogP contribution in [0.15, 0.2) is 42.5 Å². The van der Waals surface area contributed by atoms with Gasteiger partial charge in [-0.25, -0.2) is 0 Å². The Bertz CT molecular complexity index is 770. The lowest BCUT2D eigenvalue weighted by Crippen LogP contribution is -2.32. The van der Waals surface area contributed by atoms with Crippen molar-refractivity contribution in [1.29, 1.82) is 0 Å². The Labute approximate surface area is 153 Å². The van der Waals surface area contributed by atoms with E-state index in [4.69, 9.17) is 9.47 Å². The van der Waals surface area contributed by atoms with E-state index < -0.39 is 0 Å². The first kappa shape index (κ1) is 19.3. The van der Waals surface area contributed by atoms with Gasteiger partial charge in [0.2, 0.25) is 5.91 Å². The summed E-state index contributed by atoms with van der Waals surface area (Å²) in [5.41, 5.74) is 2.28. The first-order valence-corrected chi connectivity index (χ1v) is 8.34. The molecule has 2 amide bonds. The molecule has 0 aromatic heterocycles. The van der Waals surface area contributed by atoms with E-state index in [1.54, 1.807) is 18.2 Å². The van der Waals surface area contributed by atoms with Gasteiger partial charge in [0, 0.05) is 11.3 Å². The summed E-state index contributed by atoms with van der Waals surface area (Å²) in [5, 5.41) is 5.35. The zero-order chi connectivity index (χ0) is 19.1. The number of amides is 2. The molecule has 26 heavy (non-hydrogen) atoms. The third-order valence-corrected chi connectivity index (χ3v) is 3.92. The highest BCUT2D eigenvalue weighted by Gasteiger charge is 2.12. The lowest BCUT2D eigenvalue weighted by molar-refractivity contribution is -0.115. The maximum Gasteiger partial charge on any atom is 0.251 e. The van der Waals surface area contributed by atoms with E-state index in [1.807, 2.05) is 24.3 Å². The van der Waals surface area contributed by atoms with Crippen LogP contribution in [0.4, 0.5) is 5.69 Å². The predicted octanol–water partition coefficient (Wildman–Crippen LogP) is 3.20. The van der Waals surface area contributed by atoms with Gasteiger partial charge in [0.1, 0.15) is 0 Å². The van der Waals surface area contributed by atoms with Crippen molar-refractivity contribution in [3.05, 3.63) is 53.6 Å². The zero-order valence-electron chi connectivity index (χ0n) is 15.5. The molecule has 0 unspecified atom stereocenters. The van der Waals surface area contributed by atoms with Gasteiger partial charge >= 0.3 is 0 Å². The highest BCUT2D eigenvalue weighted by atomic mass is 16.5. The lowest BCUT2D eigenvalue weighted by Gasteiger charge is -2.11. The molecule has 0 heterocycles. The Balaban J connectivity index is 1.91. The number of benzene rings is 2. The summed E-state index contributed by atoms with van der Waals surface area (Å²) in [4.78, 5) is 24.2. The second-order valence-electron chi connectivity index (χ2n) is 6.08. The number of methoxy groups -OCH3 is 2. The Kier molecular flexibility index (Phi) is 6.60. The molecule has 6 heteroatoms. The summed E-state index contributed by atoms with van der Waals surface area (Å²) in [6, 6.07) is 12.5. The van der Waals surface area contributed by atoms with Gasteiger partial charge in [-0.1, -0.05) is 26.0 Å². The van der Waals surface area contributed by atoms with E-state index in [0.29, 0.717) is 28.7 Å². The standard InChI is InChI=1S/C20H24N2O4/c1-13(2)14-5-8-16(9-6-14)22-19(23)12-21-20(24)15-7-10-17(25-3)18(11-15)26-4/h5-11,13H,12H2,1-4H3,(H,21,24)(H,22,23). The van der Waals surface area contributed by atoms with Gasteiger partial charge in [-0.3, -0.25) is 9.59 Å². The molecule has 0 aliphatic heterocycles. The highest BCUT2D eigenvalue weighted by Crippen LogP contribution is 2.27. The monoisotopic (exact) mass is 356 g/mol. The third kappa shape index (κ3) is 4.99. The first-order chi connectivity index (χ1) is 12.4. The van der Waals surface area contributed by atoms with Crippen LogP contribution in [-0.2, 0) is 4.79 Å². The Hall–Kier alpha value is -3.02. The number of ether oxygens (including phenoxy) is 2. The predicted molar refractivity (Wildman–Crippen MR) is 101 cm³/mol. The van der Waals surface area contributed by atoms with E-state index in [0.717, 1.165) is 0 Å². The summed E-state index contributed by atoms with van der Waals surface area (Å²) < 4.78 is 10.3. The summed E-state index contributed by atoms with van der Waals surface area (Å²) in [5.74, 6) is 0.759. The average molecular weight is 356 g/mol. The fraction of sp³-hybridized carbons (Fsp3) is 0.300. The zero-order valence-corrected chi connectivity index (χ0v) is 15.5. The van der Waals surface area contributed by atoms with Crippen LogP contribution in [0, 0.1) is 0 Å². The molecule has 0 spiro atoms. The number of carbonyl (C=O) groups excluding carboxylic acids is 2. The van der Waals surface area contributed by atoms with Crippen LogP contribution in [-0.4, -0.2) is 32.6 Å². The Morgan fingerprint density at radius 2 is 1.62 bits per heavy atom. The van der Waals surface area contributed by atoms with Gasteiger partial charge in [-0.05, 0) is 41.8 Å². The number of hydrogen-bond acceptors (Lipinski definition) is 4. The first-order valence-electron chi connectivity index (χ1n) is 8.34. The van der Waals surface area contributed by atoms with E-state index in [-0.39, 0.29) is 18.4 Å². The largest absolute Gasteiger partial charge is 0.493 e. The molecule has 0 bridgehead atoms. The normalized spacial score (nSPS) is 10.3. The maximum atomic E-state index is 12.2. The van der Waals surface area contributed by atoms with E-state index in [9.17, 15) is 9.59 Å². The van der Waals surface area contributed by atoms with Crippen molar-refractivity contribution < 1.29 is 19.1 Å². The lowest BCUT2D eigenvalue weighted by atomic mass is 10.0. The van der Waals surface area contributed by atoms with Crippen LogP contribution < -0.4 is 20.1 Å². The fourth-order valence-corrected chi connectivity index (χ4v) is 2.40. The second kappa shape index (κ2) is 8.89. The molecule has 0 saturated carbocycles. The SMILES string of the molecule is COc1ccc(C(=O)NCC(=O)Nc2ccc(C(C)C)cc2)cc1OC. The molecule has 0 aliphatic rings. The van der Waals surface area contributed by atoms with Crippen LogP contribution in [0.3, 0.4) is 0 Å². The van der Waals surface area contributed by atoms with Gasteiger partial charge in [-0.2, -0.15) is 0 Å². The molecule has 0 saturated heterocycles. The molecule has 6 nitrogen and oxygen atoms in total. The summed E-state index contributed by atoms with van der Waals surface area (Å²) in [6.45, 7) is 4.09. The topological polar surface area (TPSA) is 76.7 Å². The number of rotatable bonds is 7. The molecular formula is C20H24N2O4. The third-order valence-electron chi connectivity index (χ3n) is 3.92. The minimum absolute atomic E-state index is 0.126. The summed E-state index contributed by atoms with van der Waals surface area (Å²) in [6.07, 6.45) is 0. The number of anilines is 1. The van der Waals surface area contributed by atoms with Crippen molar-refractivity contribution in [3.8, 4) is 11.5 Å². The molecule has 2 rings (SSSR count). The maximum absolute atomic E-state index is 12.2. The molecule has 2 aromatic carbocycles. The smallest absolute Gasteiger partial charge is 0.251 e. The van der Waals surface area contributed by atoms with Crippen LogP contribution in [0.25, 0.3) is 0 Å². The molecule has 0 radical (unpaired) electrons. The molecule has 138 valence electrons. The molecular weight excluding hydrogens is 332 g/mol. The molecule has 2 aromatic rings. The minimum Gasteiger partial charge on any atom is -0.493 e. The fourth-order valence-electron chi connectivity index (χ4n) is 2.40. The van der Waals surface area contributed by atoms with Crippen molar-refractivity contribution in [2.24, 2.45) is 0 Å². The summed E-state index contributed by atoms with van der Waals surface area (Å²) in [7, 11) is 3.02. The minimum atomic E-state index is -0.365. The van der Waals surface area contributed by atoms with Crippen molar-refractivity contribution in [2.75, 3.05) is 26.1 Å². The molecule has 0 fully saturated rings. The number of hydrogen-bond donors (Lipinski definition) is 2. The van der Waals surface area contributed by atoms with Gasteiger partial charge < -0.3 is 20.1 Å².